The normalized spacial score (nSPS) is 15.5. The monoisotopic (exact) mass is 298 g/mol. The van der Waals surface area contributed by atoms with Crippen molar-refractivity contribution in [3.05, 3.63) is 0 Å². The standard InChI is InChI=1S/C15H26N2O4/c1-2-8-17(11-15(20)21)14(19)10-16-13(18)9-12-6-4-3-5-7-12/h12H,2-11H2,1H3,(H,16,18)(H,20,21). The number of carboxylic acid groups (broad SMARTS) is 1. The fourth-order valence-electron chi connectivity index (χ4n) is 2.74. The van der Waals surface area contributed by atoms with Crippen LogP contribution in [0.5, 0.6) is 0 Å². The summed E-state index contributed by atoms with van der Waals surface area (Å²) in [6.07, 6.45) is 6.94. The van der Waals surface area contributed by atoms with E-state index >= 15 is 0 Å². The topological polar surface area (TPSA) is 86.7 Å². The Morgan fingerprint density at radius 2 is 1.86 bits per heavy atom. The fourth-order valence-corrected chi connectivity index (χ4v) is 2.74. The molecule has 0 aromatic rings. The van der Waals surface area contributed by atoms with Gasteiger partial charge < -0.3 is 15.3 Å². The second-order valence-electron chi connectivity index (χ2n) is 5.69. The van der Waals surface area contributed by atoms with Crippen LogP contribution in [0.3, 0.4) is 0 Å². The van der Waals surface area contributed by atoms with Gasteiger partial charge >= 0.3 is 5.97 Å². The molecule has 2 amide bonds. The summed E-state index contributed by atoms with van der Waals surface area (Å²) in [7, 11) is 0. The molecule has 0 spiro atoms. The maximum Gasteiger partial charge on any atom is 0.323 e. The number of carboxylic acids is 1. The summed E-state index contributed by atoms with van der Waals surface area (Å²) in [5.41, 5.74) is 0. The molecular weight excluding hydrogens is 272 g/mol. The van der Waals surface area contributed by atoms with Gasteiger partial charge in [0.05, 0.1) is 6.54 Å². The molecule has 0 unspecified atom stereocenters. The van der Waals surface area contributed by atoms with E-state index in [1.165, 1.54) is 24.2 Å². The molecule has 120 valence electrons. The van der Waals surface area contributed by atoms with Crippen LogP contribution in [-0.4, -0.2) is 47.4 Å². The van der Waals surface area contributed by atoms with Gasteiger partial charge in [-0.15, -0.1) is 0 Å². The van der Waals surface area contributed by atoms with Crippen molar-refractivity contribution >= 4 is 17.8 Å². The molecule has 2 N–H and O–H groups in total. The molecule has 6 nitrogen and oxygen atoms in total. The third-order valence-corrected chi connectivity index (χ3v) is 3.81. The van der Waals surface area contributed by atoms with E-state index in [1.807, 2.05) is 6.92 Å². The SMILES string of the molecule is CCCN(CC(=O)O)C(=O)CNC(=O)CC1CCCCC1. The van der Waals surface area contributed by atoms with Crippen molar-refractivity contribution in [1.29, 1.82) is 0 Å². The number of aliphatic carboxylic acids is 1. The van der Waals surface area contributed by atoms with Crippen LogP contribution < -0.4 is 5.32 Å². The van der Waals surface area contributed by atoms with Crippen molar-refractivity contribution in [2.75, 3.05) is 19.6 Å². The number of nitrogens with one attached hydrogen (secondary N) is 1. The maximum atomic E-state index is 11.9. The largest absolute Gasteiger partial charge is 0.480 e. The van der Waals surface area contributed by atoms with Crippen LogP contribution in [0.15, 0.2) is 0 Å². The van der Waals surface area contributed by atoms with Crippen molar-refractivity contribution in [1.82, 2.24) is 10.2 Å². The number of carbonyl (C=O) groups excluding carboxylic acids is 2. The van der Waals surface area contributed by atoms with Gasteiger partial charge in [-0.3, -0.25) is 14.4 Å². The van der Waals surface area contributed by atoms with E-state index in [2.05, 4.69) is 5.32 Å². The van der Waals surface area contributed by atoms with Crippen molar-refractivity contribution in [3.63, 3.8) is 0 Å². The molecule has 0 aromatic heterocycles. The Kier molecular flexibility index (Phi) is 7.79. The lowest BCUT2D eigenvalue weighted by atomic mass is 9.87. The molecule has 1 aliphatic carbocycles. The van der Waals surface area contributed by atoms with E-state index in [4.69, 9.17) is 5.11 Å². The van der Waals surface area contributed by atoms with Crippen molar-refractivity contribution < 1.29 is 19.5 Å². The molecule has 0 radical (unpaired) electrons. The Morgan fingerprint density at radius 3 is 2.43 bits per heavy atom. The lowest BCUT2D eigenvalue weighted by molar-refractivity contribution is -0.144. The first kappa shape index (κ1) is 17.5. The van der Waals surface area contributed by atoms with Crippen LogP contribution in [0.25, 0.3) is 0 Å². The van der Waals surface area contributed by atoms with Crippen molar-refractivity contribution in [2.24, 2.45) is 5.92 Å². The minimum absolute atomic E-state index is 0.109. The average Bonchev–Trinajstić information content (AvgIpc) is 2.45. The summed E-state index contributed by atoms with van der Waals surface area (Å²) >= 11 is 0. The molecule has 0 atom stereocenters. The Hall–Kier alpha value is -1.59. The number of amides is 2. The highest BCUT2D eigenvalue weighted by atomic mass is 16.4. The van der Waals surface area contributed by atoms with Crippen molar-refractivity contribution in [3.8, 4) is 0 Å². The van der Waals surface area contributed by atoms with E-state index < -0.39 is 5.97 Å². The van der Waals surface area contributed by atoms with Gasteiger partial charge in [0.15, 0.2) is 0 Å². The van der Waals surface area contributed by atoms with Gasteiger partial charge in [0.25, 0.3) is 0 Å². The molecular formula is C15H26N2O4. The molecule has 0 bridgehead atoms. The number of carbonyl (C=O) groups is 3. The minimum Gasteiger partial charge on any atom is -0.480 e. The second-order valence-corrected chi connectivity index (χ2v) is 5.69. The number of hydrogen-bond acceptors (Lipinski definition) is 3. The molecule has 1 aliphatic rings. The first-order valence-electron chi connectivity index (χ1n) is 7.79. The summed E-state index contributed by atoms with van der Waals surface area (Å²) in [4.78, 5) is 35.7. The minimum atomic E-state index is -1.04. The number of nitrogens with zero attached hydrogens (tertiary/aromatic N) is 1. The molecule has 0 heterocycles. The third-order valence-electron chi connectivity index (χ3n) is 3.81. The third kappa shape index (κ3) is 7.11. The molecule has 1 saturated carbocycles. The van der Waals surface area contributed by atoms with Crippen molar-refractivity contribution in [2.45, 2.75) is 51.9 Å². The first-order chi connectivity index (χ1) is 10.0. The fraction of sp³-hybridized carbons (Fsp3) is 0.800. The first-order valence-corrected chi connectivity index (χ1v) is 7.79. The Morgan fingerprint density at radius 1 is 1.19 bits per heavy atom. The predicted molar refractivity (Wildman–Crippen MR) is 78.7 cm³/mol. The van der Waals surface area contributed by atoms with Crippen LogP contribution in [0, 0.1) is 5.92 Å². The van der Waals surface area contributed by atoms with Gasteiger partial charge in [-0.25, -0.2) is 0 Å². The molecule has 21 heavy (non-hydrogen) atoms. The smallest absolute Gasteiger partial charge is 0.323 e. The van der Waals surface area contributed by atoms with Gasteiger partial charge in [-0.1, -0.05) is 26.2 Å². The van der Waals surface area contributed by atoms with E-state index in [9.17, 15) is 14.4 Å². The zero-order valence-electron chi connectivity index (χ0n) is 12.8. The molecule has 6 heteroatoms. The van der Waals surface area contributed by atoms with Gasteiger partial charge in [0, 0.05) is 13.0 Å². The number of hydrogen-bond donors (Lipinski definition) is 2. The van der Waals surface area contributed by atoms with Crippen LogP contribution in [-0.2, 0) is 14.4 Å². The lowest BCUT2D eigenvalue weighted by Crippen LogP contribution is -2.43. The molecule has 1 fully saturated rings. The zero-order chi connectivity index (χ0) is 15.7. The van der Waals surface area contributed by atoms with Gasteiger partial charge in [-0.05, 0) is 25.2 Å². The Labute approximate surface area is 125 Å². The maximum absolute atomic E-state index is 11.9. The molecule has 1 rings (SSSR count). The van der Waals surface area contributed by atoms with Gasteiger partial charge in [-0.2, -0.15) is 0 Å². The lowest BCUT2D eigenvalue weighted by Gasteiger charge is -2.22. The summed E-state index contributed by atoms with van der Waals surface area (Å²) in [5, 5.41) is 11.4. The van der Waals surface area contributed by atoms with E-state index in [1.54, 1.807) is 0 Å². The van der Waals surface area contributed by atoms with Gasteiger partial charge in [0.1, 0.15) is 6.54 Å². The quantitative estimate of drug-likeness (QED) is 0.709. The Balaban J connectivity index is 2.31. The van der Waals surface area contributed by atoms with E-state index in [0.29, 0.717) is 25.3 Å². The van der Waals surface area contributed by atoms with Crippen LogP contribution in [0.2, 0.25) is 0 Å². The van der Waals surface area contributed by atoms with E-state index in [-0.39, 0.29) is 24.9 Å². The highest BCUT2D eigenvalue weighted by molar-refractivity contribution is 5.86. The predicted octanol–water partition coefficient (Wildman–Crippen LogP) is 1.40. The number of rotatable bonds is 8. The second kappa shape index (κ2) is 9.37. The van der Waals surface area contributed by atoms with Crippen LogP contribution in [0.1, 0.15) is 51.9 Å². The highest BCUT2D eigenvalue weighted by Gasteiger charge is 2.19. The van der Waals surface area contributed by atoms with Crippen LogP contribution in [0.4, 0.5) is 0 Å². The zero-order valence-corrected chi connectivity index (χ0v) is 12.8. The average molecular weight is 298 g/mol. The van der Waals surface area contributed by atoms with Crippen LogP contribution >= 0.6 is 0 Å². The van der Waals surface area contributed by atoms with Gasteiger partial charge in [0.2, 0.25) is 11.8 Å². The highest BCUT2D eigenvalue weighted by Crippen LogP contribution is 2.25. The summed E-state index contributed by atoms with van der Waals surface area (Å²) in [6, 6.07) is 0. The van der Waals surface area contributed by atoms with E-state index in [0.717, 1.165) is 12.8 Å². The summed E-state index contributed by atoms with van der Waals surface area (Å²) in [5.74, 6) is -1.05. The molecule has 0 saturated heterocycles. The molecule has 0 aliphatic heterocycles. The summed E-state index contributed by atoms with van der Waals surface area (Å²) < 4.78 is 0. The Bertz CT molecular complexity index is 365. The molecule has 0 aromatic carbocycles. The summed E-state index contributed by atoms with van der Waals surface area (Å²) in [6.45, 7) is 1.84.